The third-order valence-corrected chi connectivity index (χ3v) is 3.35. The van der Waals surface area contributed by atoms with Gasteiger partial charge in [0.15, 0.2) is 0 Å². The van der Waals surface area contributed by atoms with Crippen molar-refractivity contribution in [1.29, 1.82) is 0 Å². The van der Waals surface area contributed by atoms with Crippen LogP contribution in [0, 0.1) is 0 Å². The quantitative estimate of drug-likeness (QED) is 0.928. The van der Waals surface area contributed by atoms with Crippen LogP contribution in [0.2, 0.25) is 0 Å². The molecule has 0 aliphatic carbocycles. The molecule has 0 saturated carbocycles. The molecule has 0 radical (unpaired) electrons. The number of hydrogen-bond acceptors (Lipinski definition) is 6. The van der Waals surface area contributed by atoms with E-state index in [1.54, 1.807) is 13.3 Å². The molecule has 1 saturated heterocycles. The summed E-state index contributed by atoms with van der Waals surface area (Å²) in [5, 5.41) is 3.16. The number of pyridine rings is 2. The van der Waals surface area contributed by atoms with Crippen molar-refractivity contribution >= 4 is 17.3 Å². The summed E-state index contributed by atoms with van der Waals surface area (Å²) in [7, 11) is 1.62. The second-order valence-electron chi connectivity index (χ2n) is 4.71. The molecule has 1 N–H and O–H groups in total. The van der Waals surface area contributed by atoms with Gasteiger partial charge in [0.25, 0.3) is 0 Å². The van der Waals surface area contributed by atoms with E-state index >= 15 is 0 Å². The van der Waals surface area contributed by atoms with E-state index in [1.165, 1.54) is 0 Å². The Morgan fingerprint density at radius 3 is 2.33 bits per heavy atom. The number of morpholine rings is 1. The van der Waals surface area contributed by atoms with Gasteiger partial charge in [-0.1, -0.05) is 0 Å². The van der Waals surface area contributed by atoms with Crippen LogP contribution in [0.25, 0.3) is 0 Å². The molecule has 0 bridgehead atoms. The zero-order chi connectivity index (χ0) is 14.5. The molecule has 0 spiro atoms. The highest BCUT2D eigenvalue weighted by atomic mass is 16.5. The highest BCUT2D eigenvalue weighted by molar-refractivity contribution is 5.56. The minimum Gasteiger partial charge on any atom is -0.495 e. The summed E-state index contributed by atoms with van der Waals surface area (Å²) in [4.78, 5) is 11.0. The molecule has 0 aromatic carbocycles. The van der Waals surface area contributed by atoms with Gasteiger partial charge in [0, 0.05) is 13.1 Å². The van der Waals surface area contributed by atoms with Crippen LogP contribution in [0.5, 0.6) is 5.75 Å². The van der Waals surface area contributed by atoms with E-state index < -0.39 is 0 Å². The van der Waals surface area contributed by atoms with E-state index in [9.17, 15) is 0 Å². The van der Waals surface area contributed by atoms with E-state index in [0.717, 1.165) is 49.4 Å². The van der Waals surface area contributed by atoms with Crippen LogP contribution in [0.15, 0.2) is 36.7 Å². The first-order valence-corrected chi connectivity index (χ1v) is 6.91. The molecule has 0 unspecified atom stereocenters. The van der Waals surface area contributed by atoms with E-state index in [1.807, 2.05) is 24.4 Å². The number of methoxy groups -OCH3 is 1. The number of hydrogen-bond donors (Lipinski definition) is 1. The van der Waals surface area contributed by atoms with Crippen molar-refractivity contribution in [2.45, 2.75) is 0 Å². The molecule has 0 amide bonds. The lowest BCUT2D eigenvalue weighted by Gasteiger charge is -2.28. The summed E-state index contributed by atoms with van der Waals surface area (Å²) in [5.41, 5.74) is 1.12. The first-order chi connectivity index (χ1) is 10.3. The second-order valence-corrected chi connectivity index (χ2v) is 4.71. The number of anilines is 3. The van der Waals surface area contributed by atoms with E-state index in [0.29, 0.717) is 0 Å². The van der Waals surface area contributed by atoms with Crippen molar-refractivity contribution in [3.05, 3.63) is 36.7 Å². The molecule has 3 heterocycles. The van der Waals surface area contributed by atoms with E-state index in [2.05, 4.69) is 26.3 Å². The van der Waals surface area contributed by atoms with Crippen LogP contribution in [0.1, 0.15) is 0 Å². The normalized spacial score (nSPS) is 14.8. The average molecular weight is 286 g/mol. The summed E-state index contributed by atoms with van der Waals surface area (Å²) in [6.07, 6.45) is 3.54. The smallest absolute Gasteiger partial charge is 0.137 e. The zero-order valence-corrected chi connectivity index (χ0v) is 12.0. The van der Waals surface area contributed by atoms with Gasteiger partial charge in [-0.3, -0.25) is 0 Å². The fourth-order valence-electron chi connectivity index (χ4n) is 2.17. The lowest BCUT2D eigenvalue weighted by Crippen LogP contribution is -2.36. The molecule has 0 atom stereocenters. The Bertz CT molecular complexity index is 565. The summed E-state index contributed by atoms with van der Waals surface area (Å²) in [6, 6.07) is 7.73. The monoisotopic (exact) mass is 286 g/mol. The highest BCUT2D eigenvalue weighted by Gasteiger charge is 2.11. The van der Waals surface area contributed by atoms with Gasteiger partial charge < -0.3 is 19.7 Å². The summed E-state index contributed by atoms with van der Waals surface area (Å²) in [6.45, 7) is 3.37. The Labute approximate surface area is 123 Å². The van der Waals surface area contributed by atoms with E-state index in [4.69, 9.17) is 9.47 Å². The van der Waals surface area contributed by atoms with Crippen molar-refractivity contribution in [1.82, 2.24) is 9.97 Å². The first-order valence-electron chi connectivity index (χ1n) is 6.91. The summed E-state index contributed by atoms with van der Waals surface area (Å²) in [5.74, 6) is 2.24. The maximum atomic E-state index is 5.35. The minimum absolute atomic E-state index is 0.733. The maximum Gasteiger partial charge on any atom is 0.137 e. The zero-order valence-electron chi connectivity index (χ0n) is 12.0. The number of aromatic nitrogens is 2. The van der Waals surface area contributed by atoms with Gasteiger partial charge in [0.1, 0.15) is 17.4 Å². The number of nitrogens with zero attached hydrogens (tertiary/aromatic N) is 3. The lowest BCUT2D eigenvalue weighted by atomic mass is 10.3. The van der Waals surface area contributed by atoms with Gasteiger partial charge in [-0.25, -0.2) is 9.97 Å². The van der Waals surface area contributed by atoms with Gasteiger partial charge in [-0.2, -0.15) is 0 Å². The van der Waals surface area contributed by atoms with Gasteiger partial charge in [0.2, 0.25) is 0 Å². The Kier molecular flexibility index (Phi) is 4.16. The maximum absolute atomic E-state index is 5.35. The first kappa shape index (κ1) is 13.6. The number of ether oxygens (including phenoxy) is 2. The molecule has 3 rings (SSSR count). The number of nitrogens with one attached hydrogen (secondary N) is 1. The van der Waals surface area contributed by atoms with E-state index in [-0.39, 0.29) is 0 Å². The molecule has 1 aliphatic heterocycles. The fourth-order valence-corrected chi connectivity index (χ4v) is 2.17. The SMILES string of the molecule is COc1ccc(Nc2ccc(N3CCOCC3)cn2)nc1. The Balaban J connectivity index is 1.65. The Morgan fingerprint density at radius 1 is 1.05 bits per heavy atom. The van der Waals surface area contributed by atoms with Crippen molar-refractivity contribution < 1.29 is 9.47 Å². The third-order valence-electron chi connectivity index (χ3n) is 3.35. The molecule has 6 heteroatoms. The summed E-state index contributed by atoms with van der Waals surface area (Å²) >= 11 is 0. The van der Waals surface area contributed by atoms with Crippen LogP contribution in [0.3, 0.4) is 0 Å². The molecule has 2 aromatic rings. The molecule has 1 fully saturated rings. The van der Waals surface area contributed by atoms with Gasteiger partial charge in [-0.15, -0.1) is 0 Å². The van der Waals surface area contributed by atoms with Crippen molar-refractivity contribution in [2.24, 2.45) is 0 Å². The molecular weight excluding hydrogens is 268 g/mol. The molecule has 2 aromatic heterocycles. The highest BCUT2D eigenvalue weighted by Crippen LogP contribution is 2.19. The predicted octanol–water partition coefficient (Wildman–Crippen LogP) is 2.07. The van der Waals surface area contributed by atoms with Gasteiger partial charge in [0.05, 0.1) is 38.4 Å². The van der Waals surface area contributed by atoms with Crippen molar-refractivity contribution in [3.63, 3.8) is 0 Å². The largest absolute Gasteiger partial charge is 0.495 e. The summed E-state index contributed by atoms with van der Waals surface area (Å²) < 4.78 is 10.4. The standard InChI is InChI=1S/C15H18N4O2/c1-20-13-3-5-15(17-11-13)18-14-4-2-12(10-16-14)19-6-8-21-9-7-19/h2-5,10-11H,6-9H2,1H3,(H,16,17,18). The molecule has 6 nitrogen and oxygen atoms in total. The van der Waals surface area contributed by atoms with Crippen LogP contribution >= 0.6 is 0 Å². The van der Waals surface area contributed by atoms with Crippen molar-refractivity contribution in [3.8, 4) is 5.75 Å². The van der Waals surface area contributed by atoms with Crippen molar-refractivity contribution in [2.75, 3.05) is 43.6 Å². The fraction of sp³-hybridized carbons (Fsp3) is 0.333. The van der Waals surface area contributed by atoms with Gasteiger partial charge >= 0.3 is 0 Å². The Morgan fingerprint density at radius 2 is 1.76 bits per heavy atom. The van der Waals surface area contributed by atoms with Crippen LogP contribution < -0.4 is 15.0 Å². The predicted molar refractivity (Wildman–Crippen MR) is 81.3 cm³/mol. The Hall–Kier alpha value is -2.34. The molecule has 1 aliphatic rings. The molecular formula is C15H18N4O2. The van der Waals surface area contributed by atoms with Crippen LogP contribution in [-0.4, -0.2) is 43.4 Å². The molecule has 21 heavy (non-hydrogen) atoms. The van der Waals surface area contributed by atoms with Crippen LogP contribution in [0.4, 0.5) is 17.3 Å². The second kappa shape index (κ2) is 6.41. The average Bonchev–Trinajstić information content (AvgIpc) is 2.57. The third kappa shape index (κ3) is 3.41. The number of rotatable bonds is 4. The van der Waals surface area contributed by atoms with Crippen LogP contribution in [-0.2, 0) is 4.74 Å². The lowest BCUT2D eigenvalue weighted by molar-refractivity contribution is 0.122. The van der Waals surface area contributed by atoms with Gasteiger partial charge in [-0.05, 0) is 24.3 Å². The minimum atomic E-state index is 0.733. The molecule has 110 valence electrons. The topological polar surface area (TPSA) is 59.5 Å².